The van der Waals surface area contributed by atoms with E-state index in [1.165, 1.54) is 5.56 Å². The van der Waals surface area contributed by atoms with Gasteiger partial charge in [-0.3, -0.25) is 0 Å². The zero-order valence-corrected chi connectivity index (χ0v) is 19.2. The normalized spacial score (nSPS) is 12.1. The van der Waals surface area contributed by atoms with Gasteiger partial charge in [-0.25, -0.2) is 0 Å². The summed E-state index contributed by atoms with van der Waals surface area (Å²) in [5, 5.41) is 16.8. The summed E-state index contributed by atoms with van der Waals surface area (Å²) < 4.78 is 11.8. The van der Waals surface area contributed by atoms with Gasteiger partial charge in [0.2, 0.25) is 23.6 Å². The van der Waals surface area contributed by atoms with Crippen LogP contribution in [0.2, 0.25) is 0 Å². The van der Waals surface area contributed by atoms with Crippen molar-refractivity contribution in [3.63, 3.8) is 0 Å². The molecule has 0 atom stereocenters. The molecule has 6 nitrogen and oxygen atoms in total. The van der Waals surface area contributed by atoms with Gasteiger partial charge in [0.05, 0.1) is 0 Å². The highest BCUT2D eigenvalue weighted by Gasteiger charge is 2.16. The van der Waals surface area contributed by atoms with Gasteiger partial charge in [0.15, 0.2) is 0 Å². The Morgan fingerprint density at radius 2 is 1.41 bits per heavy atom. The van der Waals surface area contributed by atoms with Crippen LogP contribution in [-0.4, -0.2) is 20.4 Å². The molecule has 0 unspecified atom stereocenters. The topological polar surface area (TPSA) is 77.8 Å². The van der Waals surface area contributed by atoms with E-state index in [1.807, 2.05) is 61.5 Å². The first kappa shape index (κ1) is 24.6. The van der Waals surface area contributed by atoms with E-state index < -0.39 is 0 Å². The second-order valence-corrected chi connectivity index (χ2v) is 8.59. The highest BCUT2D eigenvalue weighted by atomic mass is 16.4. The van der Waals surface area contributed by atoms with Crippen molar-refractivity contribution in [2.75, 3.05) is 0 Å². The molecule has 0 bridgehead atoms. The maximum atomic E-state index is 5.96. The molecule has 0 N–H and O–H groups in total. The Bertz CT molecular complexity index is 1320. The van der Waals surface area contributed by atoms with Crippen LogP contribution in [0.3, 0.4) is 0 Å². The summed E-state index contributed by atoms with van der Waals surface area (Å²) in [6.45, 7) is 12.2. The molecule has 0 radical (unpaired) electrons. The second kappa shape index (κ2) is 10.3. The summed E-state index contributed by atoms with van der Waals surface area (Å²) >= 11 is 0. The van der Waals surface area contributed by atoms with E-state index >= 15 is 0 Å². The average Bonchev–Trinajstić information content (AvgIpc) is 3.49. The van der Waals surface area contributed by atoms with Crippen molar-refractivity contribution < 1.29 is 8.83 Å². The molecule has 0 aliphatic rings. The Labute approximate surface area is 200 Å². The zero-order chi connectivity index (χ0) is 23.4. The quantitative estimate of drug-likeness (QED) is 0.280. The minimum atomic E-state index is 0. The van der Waals surface area contributed by atoms with Gasteiger partial charge in [-0.2, -0.15) is 0 Å². The predicted molar refractivity (Wildman–Crippen MR) is 137 cm³/mol. The Hall–Kier alpha value is -4.06. The largest absolute Gasteiger partial charge is 0.416 e. The van der Waals surface area contributed by atoms with Gasteiger partial charge in [0.1, 0.15) is 0 Å². The van der Waals surface area contributed by atoms with Gasteiger partial charge < -0.3 is 8.83 Å². The third-order valence-electron chi connectivity index (χ3n) is 5.09. The molecule has 2 aromatic heterocycles. The van der Waals surface area contributed by atoms with Crippen molar-refractivity contribution in [2.45, 2.75) is 40.5 Å². The van der Waals surface area contributed by atoms with E-state index in [-0.39, 0.29) is 12.8 Å². The molecule has 0 saturated carbocycles. The van der Waals surface area contributed by atoms with E-state index in [4.69, 9.17) is 8.83 Å². The van der Waals surface area contributed by atoms with Gasteiger partial charge in [-0.05, 0) is 48.2 Å². The van der Waals surface area contributed by atoms with Crippen LogP contribution in [-0.2, 0) is 5.41 Å². The lowest BCUT2D eigenvalue weighted by Gasteiger charge is -2.18. The highest BCUT2D eigenvalue weighted by molar-refractivity contribution is 5.71. The SMILES string of the molecule is C.C=C/C=C(\C=C/C)c1nnc(-c2cccc(-c3nnc(-c4ccc(C(C)(C)C)cc4)o3)c2)o1. The van der Waals surface area contributed by atoms with Crippen molar-refractivity contribution >= 4 is 5.57 Å². The average molecular weight is 455 g/mol. The van der Waals surface area contributed by atoms with Gasteiger partial charge >= 0.3 is 0 Å². The summed E-state index contributed by atoms with van der Waals surface area (Å²) in [6, 6.07) is 15.8. The highest BCUT2D eigenvalue weighted by Crippen LogP contribution is 2.30. The molecule has 0 saturated heterocycles. The number of hydrogen-bond acceptors (Lipinski definition) is 6. The Morgan fingerprint density at radius 1 is 0.824 bits per heavy atom. The minimum Gasteiger partial charge on any atom is -0.416 e. The molecule has 0 fully saturated rings. The molecule has 4 aromatic rings. The number of benzene rings is 2. The van der Waals surface area contributed by atoms with Crippen LogP contribution in [0.5, 0.6) is 0 Å². The second-order valence-electron chi connectivity index (χ2n) is 8.59. The standard InChI is InChI=1S/C27H26N4O2.CH4/c1-6-9-18(10-7-2)23-28-30-25(32-23)20-11-8-12-21(17-20)26-31-29-24(33-26)19-13-15-22(16-14-19)27(3,4)5;/h6-17H,1H2,2-5H3;1H4/b10-7-,18-9+;. The molecule has 0 aliphatic carbocycles. The lowest BCUT2D eigenvalue weighted by molar-refractivity contribution is 0.554. The summed E-state index contributed by atoms with van der Waals surface area (Å²) in [7, 11) is 0. The molecule has 2 aromatic carbocycles. The molecular weight excluding hydrogens is 424 g/mol. The van der Waals surface area contributed by atoms with Crippen LogP contribution >= 0.6 is 0 Å². The van der Waals surface area contributed by atoms with Crippen LogP contribution in [0.1, 0.15) is 46.6 Å². The molecule has 6 heteroatoms. The van der Waals surface area contributed by atoms with Crippen LogP contribution in [0.25, 0.3) is 39.9 Å². The van der Waals surface area contributed by atoms with Crippen LogP contribution in [0, 0.1) is 0 Å². The summed E-state index contributed by atoms with van der Waals surface area (Å²) in [6.07, 6.45) is 7.30. The molecule has 174 valence electrons. The van der Waals surface area contributed by atoms with Crippen LogP contribution < -0.4 is 0 Å². The fourth-order valence-corrected chi connectivity index (χ4v) is 3.32. The van der Waals surface area contributed by atoms with Crippen molar-refractivity contribution in [2.24, 2.45) is 0 Å². The Morgan fingerprint density at radius 3 is 2.00 bits per heavy atom. The van der Waals surface area contributed by atoms with Gasteiger partial charge in [0, 0.05) is 22.3 Å². The third kappa shape index (κ3) is 5.29. The third-order valence-corrected chi connectivity index (χ3v) is 5.09. The first-order valence-electron chi connectivity index (χ1n) is 10.7. The first-order chi connectivity index (χ1) is 15.9. The number of aromatic nitrogens is 4. The molecule has 0 spiro atoms. The fourth-order valence-electron chi connectivity index (χ4n) is 3.32. The monoisotopic (exact) mass is 454 g/mol. The van der Waals surface area contributed by atoms with Crippen molar-refractivity contribution in [1.82, 2.24) is 20.4 Å². The van der Waals surface area contributed by atoms with Crippen molar-refractivity contribution in [3.8, 4) is 34.4 Å². The molecule has 2 heterocycles. The smallest absolute Gasteiger partial charge is 0.248 e. The summed E-state index contributed by atoms with van der Waals surface area (Å²) in [5.41, 5.74) is 4.54. The molecule has 34 heavy (non-hydrogen) atoms. The van der Waals surface area contributed by atoms with E-state index in [0.717, 1.165) is 22.3 Å². The maximum Gasteiger partial charge on any atom is 0.248 e. The summed E-state index contributed by atoms with van der Waals surface area (Å²) in [4.78, 5) is 0. The maximum absolute atomic E-state index is 5.96. The van der Waals surface area contributed by atoms with E-state index in [9.17, 15) is 0 Å². The molecule has 0 amide bonds. The molecular formula is C28H30N4O2. The van der Waals surface area contributed by atoms with Crippen molar-refractivity contribution in [3.05, 3.63) is 90.9 Å². The van der Waals surface area contributed by atoms with E-state index in [0.29, 0.717) is 23.6 Å². The van der Waals surface area contributed by atoms with Crippen LogP contribution in [0.4, 0.5) is 0 Å². The van der Waals surface area contributed by atoms with Gasteiger partial charge in [-0.15, -0.1) is 20.4 Å². The minimum absolute atomic E-state index is 0. The Kier molecular flexibility index (Phi) is 7.41. The first-order valence-corrected chi connectivity index (χ1v) is 10.7. The van der Waals surface area contributed by atoms with Gasteiger partial charge in [-0.1, -0.05) is 77.3 Å². The van der Waals surface area contributed by atoms with Crippen molar-refractivity contribution in [1.29, 1.82) is 0 Å². The number of rotatable bonds is 6. The summed E-state index contributed by atoms with van der Waals surface area (Å²) in [5.74, 6) is 1.73. The molecule has 4 rings (SSSR count). The predicted octanol–water partition coefficient (Wildman–Crippen LogP) is 7.53. The van der Waals surface area contributed by atoms with E-state index in [2.05, 4.69) is 59.9 Å². The Balaban J connectivity index is 0.00000324. The van der Waals surface area contributed by atoms with E-state index in [1.54, 1.807) is 6.08 Å². The molecule has 0 aliphatic heterocycles. The van der Waals surface area contributed by atoms with Crippen LogP contribution in [0.15, 0.2) is 88.2 Å². The fraction of sp³-hybridized carbons (Fsp3) is 0.214. The number of allylic oxidation sites excluding steroid dienone is 5. The number of nitrogens with zero attached hydrogens (tertiary/aromatic N) is 4. The number of hydrogen-bond donors (Lipinski definition) is 0. The lowest BCUT2D eigenvalue weighted by Crippen LogP contribution is -2.10. The van der Waals surface area contributed by atoms with Gasteiger partial charge in [0.25, 0.3) is 0 Å². The lowest BCUT2D eigenvalue weighted by atomic mass is 9.87. The zero-order valence-electron chi connectivity index (χ0n) is 19.2.